The SMILES string of the molecule is NC(=O)c1nn(-c2ccc(S(N)(=O)=O)cc2)c2c1CCc1c-2cnn1Cc1ccccc1. The fourth-order valence-corrected chi connectivity index (χ4v) is 4.65. The average molecular weight is 449 g/mol. The van der Waals surface area contributed by atoms with E-state index in [4.69, 9.17) is 10.9 Å². The van der Waals surface area contributed by atoms with E-state index in [2.05, 4.69) is 10.2 Å². The lowest BCUT2D eigenvalue weighted by Gasteiger charge is -2.17. The number of hydrogen-bond donors (Lipinski definition) is 2. The first kappa shape index (κ1) is 20.2. The molecule has 10 heteroatoms. The van der Waals surface area contributed by atoms with E-state index in [-0.39, 0.29) is 10.6 Å². The standard InChI is InChI=1S/C22H20N6O3S/c23-22(29)20-17-10-11-19-18(12-25-27(19)13-14-4-2-1-3-5-14)21(17)28(26-20)15-6-8-16(9-7-15)32(24,30)31/h1-9,12H,10-11,13H2,(H2,23,29)(H2,24,30,31). The second kappa shape index (κ2) is 7.43. The maximum absolute atomic E-state index is 12.1. The maximum atomic E-state index is 12.1. The lowest BCUT2D eigenvalue weighted by molar-refractivity contribution is 0.0994. The lowest BCUT2D eigenvalue weighted by Crippen LogP contribution is -2.16. The molecule has 0 bridgehead atoms. The van der Waals surface area contributed by atoms with E-state index in [1.54, 1.807) is 23.0 Å². The zero-order chi connectivity index (χ0) is 22.5. The Kier molecular flexibility index (Phi) is 4.68. The summed E-state index contributed by atoms with van der Waals surface area (Å²) in [5.41, 5.74) is 10.9. The van der Waals surface area contributed by atoms with Crippen molar-refractivity contribution in [1.82, 2.24) is 19.6 Å². The quantitative estimate of drug-likeness (QED) is 0.478. The van der Waals surface area contributed by atoms with Crippen molar-refractivity contribution in [3.05, 3.63) is 83.3 Å². The summed E-state index contributed by atoms with van der Waals surface area (Å²) in [4.78, 5) is 12.1. The van der Waals surface area contributed by atoms with Crippen molar-refractivity contribution in [3.8, 4) is 16.9 Å². The van der Waals surface area contributed by atoms with Crippen LogP contribution in [0.5, 0.6) is 0 Å². The molecule has 1 aliphatic rings. The van der Waals surface area contributed by atoms with Crippen molar-refractivity contribution in [2.75, 3.05) is 0 Å². The third kappa shape index (κ3) is 3.39. The second-order valence-electron chi connectivity index (χ2n) is 7.64. The molecule has 1 amide bonds. The number of aromatic nitrogens is 4. The molecule has 0 saturated carbocycles. The normalized spacial score (nSPS) is 12.9. The van der Waals surface area contributed by atoms with Crippen LogP contribution in [0.2, 0.25) is 0 Å². The van der Waals surface area contributed by atoms with Crippen molar-refractivity contribution in [2.24, 2.45) is 10.9 Å². The zero-order valence-electron chi connectivity index (χ0n) is 17.0. The summed E-state index contributed by atoms with van der Waals surface area (Å²) in [6.07, 6.45) is 3.07. The van der Waals surface area contributed by atoms with Gasteiger partial charge in [-0.1, -0.05) is 30.3 Å². The van der Waals surface area contributed by atoms with E-state index in [0.717, 1.165) is 28.1 Å². The number of primary amides is 1. The van der Waals surface area contributed by atoms with Crippen LogP contribution in [0.15, 0.2) is 65.7 Å². The summed E-state index contributed by atoms with van der Waals surface area (Å²) < 4.78 is 26.8. The van der Waals surface area contributed by atoms with E-state index in [0.29, 0.717) is 25.1 Å². The minimum Gasteiger partial charge on any atom is -0.364 e. The van der Waals surface area contributed by atoms with Crippen LogP contribution in [-0.4, -0.2) is 33.9 Å². The molecule has 2 heterocycles. The number of carbonyl (C=O) groups is 1. The van der Waals surface area contributed by atoms with Gasteiger partial charge in [-0.2, -0.15) is 10.2 Å². The van der Waals surface area contributed by atoms with Crippen molar-refractivity contribution < 1.29 is 13.2 Å². The summed E-state index contributed by atoms with van der Waals surface area (Å²) in [6.45, 7) is 0.630. The van der Waals surface area contributed by atoms with Gasteiger partial charge in [0.2, 0.25) is 10.0 Å². The Bertz CT molecular complexity index is 1440. The Morgan fingerprint density at radius 2 is 1.75 bits per heavy atom. The lowest BCUT2D eigenvalue weighted by atomic mass is 9.93. The van der Waals surface area contributed by atoms with Gasteiger partial charge >= 0.3 is 0 Å². The molecule has 4 N–H and O–H groups in total. The molecule has 4 aromatic rings. The molecule has 0 spiro atoms. The van der Waals surface area contributed by atoms with Crippen LogP contribution in [0.4, 0.5) is 0 Å². The predicted octanol–water partition coefficient (Wildman–Crippen LogP) is 1.63. The second-order valence-corrected chi connectivity index (χ2v) is 9.20. The molecule has 0 saturated heterocycles. The number of hydrogen-bond acceptors (Lipinski definition) is 5. The Hall–Kier alpha value is -3.76. The van der Waals surface area contributed by atoms with Crippen LogP contribution >= 0.6 is 0 Å². The number of amides is 1. The third-order valence-electron chi connectivity index (χ3n) is 5.62. The monoisotopic (exact) mass is 448 g/mol. The van der Waals surface area contributed by atoms with E-state index in [1.807, 2.05) is 35.0 Å². The van der Waals surface area contributed by atoms with Crippen LogP contribution in [0.1, 0.15) is 27.3 Å². The van der Waals surface area contributed by atoms with Gasteiger partial charge in [-0.05, 0) is 42.7 Å². The van der Waals surface area contributed by atoms with Crippen LogP contribution in [0.3, 0.4) is 0 Å². The molecule has 2 aromatic heterocycles. The first-order valence-corrected chi connectivity index (χ1v) is 11.5. The number of benzene rings is 2. The summed E-state index contributed by atoms with van der Waals surface area (Å²) in [7, 11) is -3.82. The van der Waals surface area contributed by atoms with E-state index >= 15 is 0 Å². The Morgan fingerprint density at radius 3 is 2.41 bits per heavy atom. The number of fused-ring (bicyclic) bond motifs is 3. The summed E-state index contributed by atoms with van der Waals surface area (Å²) >= 11 is 0. The van der Waals surface area contributed by atoms with Gasteiger partial charge in [0.1, 0.15) is 0 Å². The van der Waals surface area contributed by atoms with Crippen molar-refractivity contribution in [3.63, 3.8) is 0 Å². The maximum Gasteiger partial charge on any atom is 0.269 e. The number of rotatable bonds is 5. The van der Waals surface area contributed by atoms with Crippen molar-refractivity contribution in [2.45, 2.75) is 24.3 Å². The van der Waals surface area contributed by atoms with Gasteiger partial charge in [0, 0.05) is 16.8 Å². The van der Waals surface area contributed by atoms with Crippen LogP contribution in [-0.2, 0) is 29.4 Å². The van der Waals surface area contributed by atoms with Crippen LogP contribution in [0.25, 0.3) is 16.9 Å². The Morgan fingerprint density at radius 1 is 1.03 bits per heavy atom. The molecule has 0 aliphatic heterocycles. The molecule has 32 heavy (non-hydrogen) atoms. The van der Waals surface area contributed by atoms with E-state index < -0.39 is 15.9 Å². The number of nitrogens with two attached hydrogens (primary N) is 2. The number of nitrogens with zero attached hydrogens (tertiary/aromatic N) is 4. The van der Waals surface area contributed by atoms with Gasteiger partial charge in [0.15, 0.2) is 5.69 Å². The number of carbonyl (C=O) groups excluding carboxylic acids is 1. The molecule has 9 nitrogen and oxygen atoms in total. The fourth-order valence-electron chi connectivity index (χ4n) is 4.13. The minimum absolute atomic E-state index is 0.00577. The van der Waals surface area contributed by atoms with E-state index in [9.17, 15) is 13.2 Å². The fraction of sp³-hybridized carbons (Fsp3) is 0.136. The molecular weight excluding hydrogens is 428 g/mol. The third-order valence-corrected chi connectivity index (χ3v) is 6.55. The highest BCUT2D eigenvalue weighted by Gasteiger charge is 2.30. The number of sulfonamides is 1. The Labute approximate surface area is 184 Å². The topological polar surface area (TPSA) is 139 Å². The first-order chi connectivity index (χ1) is 15.3. The molecular formula is C22H20N6O3S. The van der Waals surface area contributed by atoms with Crippen molar-refractivity contribution in [1.29, 1.82) is 0 Å². The molecule has 5 rings (SSSR count). The highest BCUT2D eigenvalue weighted by atomic mass is 32.2. The van der Waals surface area contributed by atoms with Gasteiger partial charge in [0.05, 0.1) is 29.0 Å². The van der Waals surface area contributed by atoms with Crippen LogP contribution < -0.4 is 10.9 Å². The average Bonchev–Trinajstić information content (AvgIpc) is 3.35. The number of primary sulfonamides is 1. The smallest absolute Gasteiger partial charge is 0.269 e. The summed E-state index contributed by atoms with van der Waals surface area (Å²) in [5.74, 6) is -0.610. The minimum atomic E-state index is -3.82. The van der Waals surface area contributed by atoms with Gasteiger partial charge in [-0.15, -0.1) is 0 Å². The van der Waals surface area contributed by atoms with Gasteiger partial charge in [-0.25, -0.2) is 18.2 Å². The molecule has 0 atom stereocenters. The molecule has 162 valence electrons. The first-order valence-electron chi connectivity index (χ1n) is 9.97. The summed E-state index contributed by atoms with van der Waals surface area (Å²) in [6, 6.07) is 16.1. The van der Waals surface area contributed by atoms with Gasteiger partial charge < -0.3 is 5.73 Å². The molecule has 1 aliphatic carbocycles. The van der Waals surface area contributed by atoms with Gasteiger partial charge in [0.25, 0.3) is 5.91 Å². The van der Waals surface area contributed by atoms with Crippen LogP contribution in [0, 0.1) is 0 Å². The van der Waals surface area contributed by atoms with E-state index in [1.165, 1.54) is 12.1 Å². The Balaban J connectivity index is 1.63. The highest BCUT2D eigenvalue weighted by Crippen LogP contribution is 2.37. The molecule has 0 unspecified atom stereocenters. The molecule has 2 aromatic carbocycles. The van der Waals surface area contributed by atoms with Gasteiger partial charge in [-0.3, -0.25) is 9.48 Å². The summed E-state index contributed by atoms with van der Waals surface area (Å²) in [5, 5.41) is 14.3. The molecule has 0 radical (unpaired) electrons. The van der Waals surface area contributed by atoms with Crippen molar-refractivity contribution >= 4 is 15.9 Å². The molecule has 0 fully saturated rings. The largest absolute Gasteiger partial charge is 0.364 e. The zero-order valence-corrected chi connectivity index (χ0v) is 17.8. The highest BCUT2D eigenvalue weighted by molar-refractivity contribution is 7.89. The predicted molar refractivity (Wildman–Crippen MR) is 118 cm³/mol.